The first-order chi connectivity index (χ1) is 10.3. The van der Waals surface area contributed by atoms with Gasteiger partial charge < -0.3 is 9.72 Å². The van der Waals surface area contributed by atoms with Crippen molar-refractivity contribution >= 4 is 17.0 Å². The van der Waals surface area contributed by atoms with E-state index in [2.05, 4.69) is 11.6 Å². The Morgan fingerprint density at radius 2 is 1.86 bits per heavy atom. The smallest absolute Gasteiger partial charge is 0.248 e. The Balaban J connectivity index is 2.00. The SMILES string of the molecule is C=Cc1ccc(OCc2ccccc2)c2[nH]c(=O)ccc12. The molecule has 0 aliphatic carbocycles. The Hall–Kier alpha value is -2.81. The maximum Gasteiger partial charge on any atom is 0.248 e. The number of pyridine rings is 1. The first-order valence-corrected chi connectivity index (χ1v) is 6.73. The fourth-order valence-electron chi connectivity index (χ4n) is 2.28. The Morgan fingerprint density at radius 3 is 2.62 bits per heavy atom. The molecule has 1 N–H and O–H groups in total. The van der Waals surface area contributed by atoms with E-state index in [-0.39, 0.29) is 5.56 Å². The zero-order valence-corrected chi connectivity index (χ0v) is 11.5. The van der Waals surface area contributed by atoms with Crippen LogP contribution in [0.1, 0.15) is 11.1 Å². The highest BCUT2D eigenvalue weighted by Crippen LogP contribution is 2.27. The monoisotopic (exact) mass is 277 g/mol. The van der Waals surface area contributed by atoms with Gasteiger partial charge in [0.15, 0.2) is 0 Å². The van der Waals surface area contributed by atoms with Crippen LogP contribution in [0.5, 0.6) is 5.75 Å². The third-order valence-electron chi connectivity index (χ3n) is 3.35. The number of ether oxygens (including phenoxy) is 1. The number of fused-ring (bicyclic) bond motifs is 1. The minimum atomic E-state index is -0.145. The van der Waals surface area contributed by atoms with Crippen LogP contribution in [0.3, 0.4) is 0 Å². The molecular weight excluding hydrogens is 262 g/mol. The van der Waals surface area contributed by atoms with Crippen molar-refractivity contribution in [3.8, 4) is 5.75 Å². The van der Waals surface area contributed by atoms with Crippen LogP contribution in [0.25, 0.3) is 17.0 Å². The van der Waals surface area contributed by atoms with E-state index < -0.39 is 0 Å². The Bertz CT molecular complexity index is 835. The van der Waals surface area contributed by atoms with Crippen molar-refractivity contribution in [1.29, 1.82) is 0 Å². The van der Waals surface area contributed by atoms with Crippen molar-refractivity contribution in [1.82, 2.24) is 4.98 Å². The van der Waals surface area contributed by atoms with E-state index in [1.807, 2.05) is 42.5 Å². The van der Waals surface area contributed by atoms with Gasteiger partial charge in [0.05, 0.1) is 5.52 Å². The van der Waals surface area contributed by atoms with Gasteiger partial charge in [-0.05, 0) is 23.3 Å². The first-order valence-electron chi connectivity index (χ1n) is 6.73. The van der Waals surface area contributed by atoms with E-state index in [9.17, 15) is 4.79 Å². The van der Waals surface area contributed by atoms with Gasteiger partial charge >= 0.3 is 0 Å². The van der Waals surface area contributed by atoms with E-state index in [1.165, 1.54) is 6.07 Å². The molecule has 104 valence electrons. The van der Waals surface area contributed by atoms with Crippen LogP contribution in [0.4, 0.5) is 0 Å². The average molecular weight is 277 g/mol. The lowest BCUT2D eigenvalue weighted by atomic mass is 10.1. The zero-order chi connectivity index (χ0) is 14.7. The molecule has 0 radical (unpaired) electrons. The Morgan fingerprint density at radius 1 is 1.05 bits per heavy atom. The summed E-state index contributed by atoms with van der Waals surface area (Å²) in [5.41, 5.74) is 2.61. The molecule has 0 atom stereocenters. The van der Waals surface area contributed by atoms with Gasteiger partial charge in [-0.3, -0.25) is 4.79 Å². The molecule has 0 saturated heterocycles. The summed E-state index contributed by atoms with van der Waals surface area (Å²) < 4.78 is 5.86. The molecule has 1 heterocycles. The standard InChI is InChI=1S/C18H15NO2/c1-2-14-8-10-16(18-15(14)9-11-17(20)19-18)21-12-13-6-4-3-5-7-13/h2-11H,1,12H2,(H,19,20). The number of benzene rings is 2. The van der Waals surface area contributed by atoms with Crippen molar-refractivity contribution in [3.63, 3.8) is 0 Å². The summed E-state index contributed by atoms with van der Waals surface area (Å²) in [5, 5.41) is 0.926. The number of H-pyrrole nitrogens is 1. The van der Waals surface area contributed by atoms with E-state index >= 15 is 0 Å². The molecule has 2 aromatic carbocycles. The maximum atomic E-state index is 11.6. The van der Waals surface area contributed by atoms with Crippen molar-refractivity contribution in [3.05, 3.63) is 82.7 Å². The lowest BCUT2D eigenvalue weighted by Gasteiger charge is -2.11. The number of rotatable bonds is 4. The van der Waals surface area contributed by atoms with Gasteiger partial charge in [0, 0.05) is 11.5 Å². The van der Waals surface area contributed by atoms with Gasteiger partial charge in [0.2, 0.25) is 5.56 Å². The molecule has 0 unspecified atom stereocenters. The fraction of sp³-hybridized carbons (Fsp3) is 0.0556. The highest BCUT2D eigenvalue weighted by molar-refractivity contribution is 5.91. The van der Waals surface area contributed by atoms with Crippen LogP contribution in [-0.4, -0.2) is 4.98 Å². The van der Waals surface area contributed by atoms with Gasteiger partial charge in [0.1, 0.15) is 12.4 Å². The maximum absolute atomic E-state index is 11.6. The van der Waals surface area contributed by atoms with E-state index in [1.54, 1.807) is 12.1 Å². The third-order valence-corrected chi connectivity index (χ3v) is 3.35. The van der Waals surface area contributed by atoms with Crippen LogP contribution < -0.4 is 10.3 Å². The minimum absolute atomic E-state index is 0.145. The molecule has 3 rings (SSSR count). The summed E-state index contributed by atoms with van der Waals surface area (Å²) in [4.78, 5) is 14.4. The van der Waals surface area contributed by atoms with Crippen LogP contribution in [0, 0.1) is 0 Å². The van der Waals surface area contributed by atoms with Crippen molar-refractivity contribution in [2.24, 2.45) is 0 Å². The van der Waals surface area contributed by atoms with Crippen LogP contribution >= 0.6 is 0 Å². The quantitative estimate of drug-likeness (QED) is 0.789. The van der Waals surface area contributed by atoms with Gasteiger partial charge in [-0.15, -0.1) is 0 Å². The molecule has 0 amide bonds. The zero-order valence-electron chi connectivity index (χ0n) is 11.5. The molecule has 21 heavy (non-hydrogen) atoms. The summed E-state index contributed by atoms with van der Waals surface area (Å²) in [6.07, 6.45) is 1.77. The molecule has 0 fully saturated rings. The molecule has 1 aromatic heterocycles. The minimum Gasteiger partial charge on any atom is -0.487 e. The van der Waals surface area contributed by atoms with Gasteiger partial charge in [-0.25, -0.2) is 0 Å². The van der Waals surface area contributed by atoms with E-state index in [4.69, 9.17) is 4.74 Å². The topological polar surface area (TPSA) is 42.1 Å². The summed E-state index contributed by atoms with van der Waals surface area (Å²) in [6, 6.07) is 17.0. The fourth-order valence-corrected chi connectivity index (χ4v) is 2.28. The van der Waals surface area contributed by atoms with Crippen LogP contribution in [-0.2, 0) is 6.61 Å². The highest BCUT2D eigenvalue weighted by Gasteiger charge is 2.06. The highest BCUT2D eigenvalue weighted by atomic mass is 16.5. The number of aromatic amines is 1. The molecule has 3 aromatic rings. The lowest BCUT2D eigenvalue weighted by molar-refractivity contribution is 0.309. The third kappa shape index (κ3) is 2.72. The van der Waals surface area contributed by atoms with Gasteiger partial charge in [0.25, 0.3) is 0 Å². The molecule has 0 saturated carbocycles. The second kappa shape index (κ2) is 5.67. The number of hydrogen-bond acceptors (Lipinski definition) is 2. The molecular formula is C18H15NO2. The molecule has 3 heteroatoms. The normalized spacial score (nSPS) is 10.5. The largest absolute Gasteiger partial charge is 0.487 e. The second-order valence-electron chi connectivity index (χ2n) is 4.74. The Labute approximate surface area is 122 Å². The summed E-state index contributed by atoms with van der Waals surface area (Å²) in [7, 11) is 0. The molecule has 0 aliphatic rings. The first kappa shape index (κ1) is 13.2. The average Bonchev–Trinajstić information content (AvgIpc) is 2.53. The number of aromatic nitrogens is 1. The van der Waals surface area contributed by atoms with Gasteiger partial charge in [-0.1, -0.05) is 49.1 Å². The van der Waals surface area contributed by atoms with Crippen LogP contribution in [0.2, 0.25) is 0 Å². The Kier molecular flexibility index (Phi) is 3.56. The van der Waals surface area contributed by atoms with Crippen molar-refractivity contribution < 1.29 is 4.74 Å². The number of hydrogen-bond donors (Lipinski definition) is 1. The lowest BCUT2D eigenvalue weighted by Crippen LogP contribution is -2.05. The summed E-state index contributed by atoms with van der Waals surface area (Å²) in [5.74, 6) is 0.664. The second-order valence-corrected chi connectivity index (χ2v) is 4.74. The molecule has 0 bridgehead atoms. The van der Waals surface area contributed by atoms with E-state index in [0.717, 1.165) is 16.5 Å². The van der Waals surface area contributed by atoms with Crippen molar-refractivity contribution in [2.75, 3.05) is 0 Å². The predicted octanol–water partition coefficient (Wildman–Crippen LogP) is 3.75. The van der Waals surface area contributed by atoms with Crippen molar-refractivity contribution in [2.45, 2.75) is 6.61 Å². The summed E-state index contributed by atoms with van der Waals surface area (Å²) in [6.45, 7) is 4.25. The molecule has 3 nitrogen and oxygen atoms in total. The van der Waals surface area contributed by atoms with Gasteiger partial charge in [-0.2, -0.15) is 0 Å². The molecule has 0 aliphatic heterocycles. The molecule has 0 spiro atoms. The predicted molar refractivity (Wildman–Crippen MR) is 85.4 cm³/mol. The van der Waals surface area contributed by atoms with Crippen LogP contribution in [0.15, 0.2) is 66.0 Å². The summed E-state index contributed by atoms with van der Waals surface area (Å²) >= 11 is 0. The number of nitrogens with one attached hydrogen (secondary N) is 1. The van der Waals surface area contributed by atoms with E-state index in [0.29, 0.717) is 17.9 Å².